The van der Waals surface area contributed by atoms with Gasteiger partial charge in [-0.1, -0.05) is 13.8 Å². The van der Waals surface area contributed by atoms with E-state index in [0.717, 1.165) is 12.0 Å². The third-order valence-corrected chi connectivity index (χ3v) is 1.12. The molecule has 0 aliphatic carbocycles. The Kier molecular flexibility index (Phi) is 11.9. The molecule has 0 spiro atoms. The van der Waals surface area contributed by atoms with Gasteiger partial charge in [0.1, 0.15) is 0 Å². The first kappa shape index (κ1) is 13.9. The van der Waals surface area contributed by atoms with Crippen molar-refractivity contribution in [1.82, 2.24) is 0 Å². The Balaban J connectivity index is 0. The molecule has 0 saturated carbocycles. The predicted molar refractivity (Wildman–Crippen MR) is 47.8 cm³/mol. The van der Waals surface area contributed by atoms with Crippen molar-refractivity contribution in [2.45, 2.75) is 26.7 Å². The normalized spacial score (nSPS) is 7.92. The molecule has 0 aromatic rings. The van der Waals surface area contributed by atoms with Gasteiger partial charge in [0.2, 0.25) is 0 Å². The summed E-state index contributed by atoms with van der Waals surface area (Å²) < 4.78 is 4.47. The van der Waals surface area contributed by atoms with Crippen molar-refractivity contribution in [3.63, 3.8) is 0 Å². The summed E-state index contributed by atoms with van der Waals surface area (Å²) in [6, 6.07) is 0. The minimum atomic E-state index is -0.745. The molecule has 0 amide bonds. The Morgan fingerprint density at radius 1 is 1.33 bits per heavy atom. The van der Waals surface area contributed by atoms with Crippen LogP contribution < -0.4 is 0 Å². The standard InChI is InChI=1S/C4H8O2S.C3H6O2/c1-3-4(5)6-7-2;1-2-3(4)5/h3H2,1-2H3;2H2,1H3,(H,4,5). The lowest BCUT2D eigenvalue weighted by molar-refractivity contribution is -0.136. The van der Waals surface area contributed by atoms with Crippen LogP contribution in [0.15, 0.2) is 0 Å². The first-order valence-electron chi connectivity index (χ1n) is 3.53. The third kappa shape index (κ3) is 16.1. The van der Waals surface area contributed by atoms with Gasteiger partial charge in [-0.2, -0.15) is 0 Å². The van der Waals surface area contributed by atoms with Crippen LogP contribution in [0.4, 0.5) is 0 Å². The topological polar surface area (TPSA) is 63.6 Å². The quantitative estimate of drug-likeness (QED) is 0.693. The van der Waals surface area contributed by atoms with E-state index < -0.39 is 5.97 Å². The second kappa shape index (κ2) is 10.3. The van der Waals surface area contributed by atoms with Crippen LogP contribution in [0.1, 0.15) is 26.7 Å². The van der Waals surface area contributed by atoms with Crippen molar-refractivity contribution in [3.05, 3.63) is 0 Å². The molecule has 0 bridgehead atoms. The highest BCUT2D eigenvalue weighted by atomic mass is 32.2. The molecule has 0 atom stereocenters. The van der Waals surface area contributed by atoms with E-state index >= 15 is 0 Å². The molecule has 0 aliphatic heterocycles. The van der Waals surface area contributed by atoms with E-state index in [0.29, 0.717) is 6.42 Å². The number of hydrogen-bond acceptors (Lipinski definition) is 4. The molecule has 0 aromatic carbocycles. The van der Waals surface area contributed by atoms with Gasteiger partial charge in [0, 0.05) is 19.1 Å². The highest BCUT2D eigenvalue weighted by molar-refractivity contribution is 7.94. The molecule has 0 saturated heterocycles. The fourth-order valence-corrected chi connectivity index (χ4v) is 0.456. The number of hydrogen-bond donors (Lipinski definition) is 1. The maximum absolute atomic E-state index is 10.2. The van der Waals surface area contributed by atoms with Gasteiger partial charge in [0.25, 0.3) is 0 Å². The van der Waals surface area contributed by atoms with Gasteiger partial charge in [0.15, 0.2) is 0 Å². The summed E-state index contributed by atoms with van der Waals surface area (Å²) in [5.74, 6) is -0.905. The van der Waals surface area contributed by atoms with Crippen LogP contribution in [-0.4, -0.2) is 23.3 Å². The second-order valence-corrected chi connectivity index (χ2v) is 2.22. The predicted octanol–water partition coefficient (Wildman–Crippen LogP) is 1.70. The molecule has 5 heteroatoms. The van der Waals surface area contributed by atoms with Gasteiger partial charge in [-0.15, -0.1) is 0 Å². The van der Waals surface area contributed by atoms with E-state index in [2.05, 4.69) is 4.18 Å². The van der Waals surface area contributed by atoms with Gasteiger partial charge in [-0.25, -0.2) is 0 Å². The molecular weight excluding hydrogens is 180 g/mol. The Hall–Kier alpha value is -0.710. The molecule has 4 nitrogen and oxygen atoms in total. The molecule has 0 aliphatic rings. The first-order valence-corrected chi connectivity index (χ1v) is 4.68. The molecule has 72 valence electrons. The minimum Gasteiger partial charge on any atom is -0.481 e. The molecule has 0 rings (SSSR count). The lowest BCUT2D eigenvalue weighted by Crippen LogP contribution is -1.93. The summed E-state index contributed by atoms with van der Waals surface area (Å²) in [7, 11) is 0. The number of rotatable bonds is 3. The number of carbonyl (C=O) groups excluding carboxylic acids is 1. The first-order chi connectivity index (χ1) is 5.58. The molecule has 0 aromatic heterocycles. The second-order valence-electron chi connectivity index (χ2n) is 1.72. The van der Waals surface area contributed by atoms with E-state index in [1.54, 1.807) is 20.1 Å². The average Bonchev–Trinajstić information content (AvgIpc) is 2.06. The fraction of sp³-hybridized carbons (Fsp3) is 0.714. The van der Waals surface area contributed by atoms with Crippen molar-refractivity contribution >= 4 is 24.0 Å². The largest absolute Gasteiger partial charge is 0.481 e. The molecule has 0 fully saturated rings. The van der Waals surface area contributed by atoms with Crippen LogP contribution in [0.3, 0.4) is 0 Å². The number of aliphatic carboxylic acids is 1. The highest BCUT2D eigenvalue weighted by Crippen LogP contribution is 1.96. The summed E-state index contributed by atoms with van der Waals surface area (Å²) in [5, 5.41) is 7.72. The number of carbonyl (C=O) groups is 2. The minimum absolute atomic E-state index is 0.160. The maximum atomic E-state index is 10.2. The van der Waals surface area contributed by atoms with Crippen LogP contribution >= 0.6 is 12.0 Å². The molecule has 0 heterocycles. The zero-order valence-electron chi connectivity index (χ0n) is 7.49. The molecule has 12 heavy (non-hydrogen) atoms. The summed E-state index contributed by atoms with van der Waals surface area (Å²) in [4.78, 5) is 19.5. The fourth-order valence-electron chi connectivity index (χ4n) is 0.152. The Labute approximate surface area is 76.5 Å². The van der Waals surface area contributed by atoms with Crippen LogP contribution in [0, 0.1) is 0 Å². The van der Waals surface area contributed by atoms with E-state index in [-0.39, 0.29) is 12.4 Å². The summed E-state index contributed by atoms with van der Waals surface area (Å²) in [6.45, 7) is 3.36. The highest BCUT2D eigenvalue weighted by Gasteiger charge is 1.92. The van der Waals surface area contributed by atoms with Crippen molar-refractivity contribution in [3.8, 4) is 0 Å². The van der Waals surface area contributed by atoms with E-state index in [1.165, 1.54) is 0 Å². The van der Waals surface area contributed by atoms with Gasteiger partial charge in [0.05, 0.1) is 12.0 Å². The monoisotopic (exact) mass is 194 g/mol. The summed E-state index contributed by atoms with van der Waals surface area (Å²) >= 11 is 1.08. The number of carboxylic acids is 1. The van der Waals surface area contributed by atoms with Crippen molar-refractivity contribution in [1.29, 1.82) is 0 Å². The van der Waals surface area contributed by atoms with Crippen molar-refractivity contribution in [2.24, 2.45) is 0 Å². The third-order valence-electron chi connectivity index (χ3n) is 0.767. The maximum Gasteiger partial charge on any atom is 0.317 e. The van der Waals surface area contributed by atoms with Gasteiger partial charge in [-0.3, -0.25) is 9.59 Å². The van der Waals surface area contributed by atoms with Gasteiger partial charge in [-0.05, 0) is 0 Å². The van der Waals surface area contributed by atoms with Crippen LogP contribution in [0.5, 0.6) is 0 Å². The van der Waals surface area contributed by atoms with E-state index in [9.17, 15) is 9.59 Å². The lowest BCUT2D eigenvalue weighted by Gasteiger charge is -1.91. The summed E-state index contributed by atoms with van der Waals surface area (Å²) in [6.07, 6.45) is 2.40. The zero-order valence-corrected chi connectivity index (χ0v) is 8.31. The molecule has 0 unspecified atom stereocenters. The molecule has 1 N–H and O–H groups in total. The van der Waals surface area contributed by atoms with Crippen molar-refractivity contribution in [2.75, 3.05) is 6.26 Å². The van der Waals surface area contributed by atoms with Crippen molar-refractivity contribution < 1.29 is 18.9 Å². The molecule has 0 radical (unpaired) electrons. The zero-order chi connectivity index (χ0) is 9.98. The molecular formula is C7H14O4S. The van der Waals surface area contributed by atoms with E-state index in [1.807, 2.05) is 0 Å². The SMILES string of the molecule is CCC(=O)O.CCC(=O)OSC. The van der Waals surface area contributed by atoms with Crippen LogP contribution in [0.2, 0.25) is 0 Å². The average molecular weight is 194 g/mol. The Morgan fingerprint density at radius 3 is 1.83 bits per heavy atom. The Bertz CT molecular complexity index is 135. The van der Waals surface area contributed by atoms with Crippen LogP contribution in [0.25, 0.3) is 0 Å². The smallest absolute Gasteiger partial charge is 0.317 e. The lowest BCUT2D eigenvalue weighted by atomic mass is 10.5. The van der Waals surface area contributed by atoms with Gasteiger partial charge < -0.3 is 9.29 Å². The summed E-state index contributed by atoms with van der Waals surface area (Å²) in [5.41, 5.74) is 0. The van der Waals surface area contributed by atoms with E-state index in [4.69, 9.17) is 5.11 Å². The Morgan fingerprint density at radius 2 is 1.75 bits per heavy atom. The number of carboxylic acid groups (broad SMARTS) is 1. The van der Waals surface area contributed by atoms with Crippen LogP contribution in [-0.2, 0) is 13.8 Å². The van der Waals surface area contributed by atoms with Gasteiger partial charge >= 0.3 is 11.9 Å².